The van der Waals surface area contributed by atoms with Gasteiger partial charge < -0.3 is 5.32 Å². The molecule has 2 aromatic heterocycles. The van der Waals surface area contributed by atoms with Crippen molar-refractivity contribution in [2.45, 2.75) is 51.3 Å². The van der Waals surface area contributed by atoms with Gasteiger partial charge in [-0.15, -0.1) is 11.6 Å². The summed E-state index contributed by atoms with van der Waals surface area (Å²) in [5.74, 6) is 0.845. The Morgan fingerprint density at radius 1 is 1.40 bits per heavy atom. The van der Waals surface area contributed by atoms with Crippen molar-refractivity contribution in [1.82, 2.24) is 14.6 Å². The van der Waals surface area contributed by atoms with Crippen LogP contribution in [-0.4, -0.2) is 26.5 Å². The zero-order chi connectivity index (χ0) is 14.8. The molecule has 4 nitrogen and oxygen atoms in total. The Balaban J connectivity index is 2.23. The zero-order valence-corrected chi connectivity index (χ0v) is 13.4. The zero-order valence-electron chi connectivity index (χ0n) is 12.7. The van der Waals surface area contributed by atoms with E-state index in [4.69, 9.17) is 11.6 Å². The van der Waals surface area contributed by atoms with Crippen molar-refractivity contribution in [2.75, 3.05) is 11.9 Å². The molecule has 0 aliphatic carbocycles. The monoisotopic (exact) mass is 294 g/mol. The van der Waals surface area contributed by atoms with Crippen LogP contribution in [0.5, 0.6) is 0 Å². The molecule has 0 amide bonds. The van der Waals surface area contributed by atoms with E-state index >= 15 is 0 Å². The fourth-order valence-corrected chi connectivity index (χ4v) is 2.34. The smallest absolute Gasteiger partial charge is 0.152 e. The number of rotatable bonds is 5. The lowest BCUT2D eigenvalue weighted by Crippen LogP contribution is -2.15. The van der Waals surface area contributed by atoms with Gasteiger partial charge in [-0.25, -0.2) is 9.50 Å². The van der Waals surface area contributed by atoms with E-state index in [9.17, 15) is 0 Å². The van der Waals surface area contributed by atoms with Crippen LogP contribution in [0.1, 0.15) is 46.2 Å². The van der Waals surface area contributed by atoms with Gasteiger partial charge in [-0.05, 0) is 12.5 Å². The second kappa shape index (κ2) is 6.00. The minimum atomic E-state index is 0.0283. The van der Waals surface area contributed by atoms with E-state index in [1.165, 1.54) is 0 Å². The highest BCUT2D eigenvalue weighted by Gasteiger charge is 2.19. The summed E-state index contributed by atoms with van der Waals surface area (Å²) in [5.41, 5.74) is 2.09. The molecule has 1 N–H and O–H groups in total. The summed E-state index contributed by atoms with van der Waals surface area (Å²) in [7, 11) is 0. The van der Waals surface area contributed by atoms with Gasteiger partial charge in [-0.2, -0.15) is 5.10 Å². The number of alkyl halides is 1. The van der Waals surface area contributed by atoms with Crippen LogP contribution in [0.15, 0.2) is 18.5 Å². The number of aromatic nitrogens is 3. The van der Waals surface area contributed by atoms with Crippen LogP contribution >= 0.6 is 11.6 Å². The molecular weight excluding hydrogens is 272 g/mol. The van der Waals surface area contributed by atoms with Crippen molar-refractivity contribution in [3.63, 3.8) is 0 Å². The lowest BCUT2D eigenvalue weighted by Gasteiger charge is -2.13. The summed E-state index contributed by atoms with van der Waals surface area (Å²) in [6.45, 7) is 9.33. The minimum absolute atomic E-state index is 0.0283. The van der Waals surface area contributed by atoms with E-state index in [0.29, 0.717) is 0 Å². The van der Waals surface area contributed by atoms with Crippen molar-refractivity contribution in [3.05, 3.63) is 24.2 Å². The molecule has 0 aliphatic rings. The lowest BCUT2D eigenvalue weighted by atomic mass is 9.92. The Morgan fingerprint density at radius 3 is 2.80 bits per heavy atom. The highest BCUT2D eigenvalue weighted by Crippen LogP contribution is 2.24. The third-order valence-corrected chi connectivity index (χ3v) is 3.62. The van der Waals surface area contributed by atoms with Crippen LogP contribution in [-0.2, 0) is 5.41 Å². The van der Waals surface area contributed by atoms with Crippen molar-refractivity contribution in [2.24, 2.45) is 0 Å². The average molecular weight is 295 g/mol. The standard InChI is InChI=1S/C15H23ClN4/c1-5-6-11(16)10-18-14-12-9-13(15(2,3)4)19-20(12)8-7-17-14/h7-9,11H,5-6,10H2,1-4H3,(H,17,18). The second-order valence-electron chi connectivity index (χ2n) is 6.15. The van der Waals surface area contributed by atoms with Crippen LogP contribution < -0.4 is 5.32 Å². The number of hydrogen-bond acceptors (Lipinski definition) is 3. The largest absolute Gasteiger partial charge is 0.367 e. The molecule has 2 rings (SSSR count). The topological polar surface area (TPSA) is 42.2 Å². The van der Waals surface area contributed by atoms with Crippen molar-refractivity contribution in [1.29, 1.82) is 0 Å². The van der Waals surface area contributed by atoms with Crippen molar-refractivity contribution >= 4 is 22.9 Å². The molecule has 20 heavy (non-hydrogen) atoms. The molecule has 0 aliphatic heterocycles. The molecule has 0 aromatic carbocycles. The summed E-state index contributed by atoms with van der Waals surface area (Å²) < 4.78 is 1.87. The highest BCUT2D eigenvalue weighted by atomic mass is 35.5. The number of nitrogens with one attached hydrogen (secondary N) is 1. The molecule has 2 heterocycles. The molecule has 5 heteroatoms. The maximum absolute atomic E-state index is 6.25. The molecule has 1 unspecified atom stereocenters. The summed E-state index contributed by atoms with van der Waals surface area (Å²) in [5, 5.41) is 8.08. The molecule has 110 valence electrons. The van der Waals surface area contributed by atoms with Crippen LogP contribution in [0.2, 0.25) is 0 Å². The van der Waals surface area contributed by atoms with E-state index in [1.54, 1.807) is 6.20 Å². The predicted molar refractivity (Wildman–Crippen MR) is 84.7 cm³/mol. The Morgan fingerprint density at radius 2 is 2.15 bits per heavy atom. The van der Waals surface area contributed by atoms with E-state index in [2.05, 4.69) is 49.2 Å². The average Bonchev–Trinajstić information content (AvgIpc) is 2.81. The molecule has 0 bridgehead atoms. The summed E-state index contributed by atoms with van der Waals surface area (Å²) in [6, 6.07) is 2.10. The Bertz CT molecular complexity index is 571. The molecule has 2 aromatic rings. The van der Waals surface area contributed by atoms with Crippen LogP contribution in [0.25, 0.3) is 5.52 Å². The number of anilines is 1. The first-order valence-corrected chi connectivity index (χ1v) is 7.58. The maximum atomic E-state index is 6.25. The van der Waals surface area contributed by atoms with E-state index < -0.39 is 0 Å². The quantitative estimate of drug-likeness (QED) is 0.852. The number of halogens is 1. The van der Waals surface area contributed by atoms with Crippen LogP contribution in [0.3, 0.4) is 0 Å². The summed E-state index contributed by atoms with van der Waals surface area (Å²) in [6.07, 6.45) is 5.73. The van der Waals surface area contributed by atoms with Gasteiger partial charge in [0, 0.05) is 24.4 Å². The Labute approximate surface area is 125 Å². The predicted octanol–water partition coefficient (Wildman–Crippen LogP) is 3.85. The molecule has 0 saturated carbocycles. The van der Waals surface area contributed by atoms with Gasteiger partial charge in [0.2, 0.25) is 0 Å². The van der Waals surface area contributed by atoms with Crippen LogP contribution in [0, 0.1) is 0 Å². The molecule has 1 atom stereocenters. The van der Waals surface area contributed by atoms with Gasteiger partial charge in [-0.1, -0.05) is 34.1 Å². The minimum Gasteiger partial charge on any atom is -0.367 e. The summed E-state index contributed by atoms with van der Waals surface area (Å²) >= 11 is 6.25. The Kier molecular flexibility index (Phi) is 4.53. The van der Waals surface area contributed by atoms with E-state index in [-0.39, 0.29) is 10.8 Å². The SMILES string of the molecule is CCCC(Cl)CNc1nccn2nc(C(C)(C)C)cc12. The first-order valence-electron chi connectivity index (χ1n) is 7.14. The molecule has 0 saturated heterocycles. The number of hydrogen-bond donors (Lipinski definition) is 1. The third kappa shape index (κ3) is 3.42. The van der Waals surface area contributed by atoms with Gasteiger partial charge in [0.25, 0.3) is 0 Å². The molecule has 0 fully saturated rings. The fourth-order valence-electron chi connectivity index (χ4n) is 2.05. The molecular formula is C15H23ClN4. The van der Waals surface area contributed by atoms with Crippen molar-refractivity contribution < 1.29 is 0 Å². The first-order chi connectivity index (χ1) is 9.41. The summed E-state index contributed by atoms with van der Waals surface area (Å²) in [4.78, 5) is 4.40. The second-order valence-corrected chi connectivity index (χ2v) is 6.77. The van der Waals surface area contributed by atoms with Crippen molar-refractivity contribution in [3.8, 4) is 0 Å². The normalized spacial score (nSPS) is 13.7. The van der Waals surface area contributed by atoms with Crippen LogP contribution in [0.4, 0.5) is 5.82 Å². The third-order valence-electron chi connectivity index (χ3n) is 3.25. The molecule has 0 radical (unpaired) electrons. The maximum Gasteiger partial charge on any atom is 0.152 e. The van der Waals surface area contributed by atoms with E-state index in [0.717, 1.165) is 36.4 Å². The lowest BCUT2D eigenvalue weighted by molar-refractivity contribution is 0.562. The van der Waals surface area contributed by atoms with Gasteiger partial charge in [0.15, 0.2) is 5.82 Å². The highest BCUT2D eigenvalue weighted by molar-refractivity contribution is 6.20. The number of nitrogens with zero attached hydrogens (tertiary/aromatic N) is 3. The number of fused-ring (bicyclic) bond motifs is 1. The Hall–Kier alpha value is -1.29. The van der Waals surface area contributed by atoms with E-state index in [1.807, 2.05) is 10.7 Å². The first kappa shape index (κ1) is 15.1. The van der Waals surface area contributed by atoms with Gasteiger partial charge in [0.1, 0.15) is 5.52 Å². The fraction of sp³-hybridized carbons (Fsp3) is 0.600. The van der Waals surface area contributed by atoms with Gasteiger partial charge in [0.05, 0.1) is 11.1 Å². The van der Waals surface area contributed by atoms with Gasteiger partial charge in [-0.3, -0.25) is 0 Å². The molecule has 0 spiro atoms. The van der Waals surface area contributed by atoms with Gasteiger partial charge >= 0.3 is 0 Å².